The van der Waals surface area contributed by atoms with Gasteiger partial charge in [-0.1, -0.05) is 53.6 Å². The molecule has 156 valence electrons. The molecular formula is C22H20ClFN2O3S. The largest absolute Gasteiger partial charge is 0.322 e. The van der Waals surface area contributed by atoms with E-state index in [0.717, 1.165) is 9.87 Å². The molecule has 0 saturated carbocycles. The predicted molar refractivity (Wildman–Crippen MR) is 115 cm³/mol. The van der Waals surface area contributed by atoms with E-state index in [9.17, 15) is 17.6 Å². The maximum atomic E-state index is 13.8. The second-order valence-electron chi connectivity index (χ2n) is 6.74. The van der Waals surface area contributed by atoms with Gasteiger partial charge < -0.3 is 5.32 Å². The molecule has 0 unspecified atom stereocenters. The second kappa shape index (κ2) is 9.38. The highest BCUT2D eigenvalue weighted by Gasteiger charge is 2.27. The molecule has 0 aliphatic carbocycles. The van der Waals surface area contributed by atoms with Crippen LogP contribution in [-0.4, -0.2) is 25.2 Å². The number of hydrogen-bond donors (Lipinski definition) is 1. The molecule has 0 bridgehead atoms. The molecule has 0 fully saturated rings. The molecule has 1 N–H and O–H groups in total. The first-order valence-electron chi connectivity index (χ1n) is 9.11. The lowest BCUT2D eigenvalue weighted by Gasteiger charge is -2.22. The summed E-state index contributed by atoms with van der Waals surface area (Å²) in [7, 11) is -3.98. The van der Waals surface area contributed by atoms with E-state index in [4.69, 9.17) is 11.6 Å². The zero-order chi connectivity index (χ0) is 21.7. The van der Waals surface area contributed by atoms with Crippen LogP contribution in [0.25, 0.3) is 0 Å². The minimum Gasteiger partial charge on any atom is -0.322 e. The summed E-state index contributed by atoms with van der Waals surface area (Å²) >= 11 is 5.91. The lowest BCUT2D eigenvalue weighted by Crippen LogP contribution is -2.37. The van der Waals surface area contributed by atoms with Crippen LogP contribution in [0.4, 0.5) is 10.1 Å². The fourth-order valence-electron chi connectivity index (χ4n) is 2.79. The molecule has 3 aromatic carbocycles. The zero-order valence-corrected chi connectivity index (χ0v) is 17.8. The Balaban J connectivity index is 1.88. The summed E-state index contributed by atoms with van der Waals surface area (Å²) in [5.74, 6) is -1.25. The van der Waals surface area contributed by atoms with Gasteiger partial charge in [0.2, 0.25) is 15.9 Å². The van der Waals surface area contributed by atoms with Crippen LogP contribution >= 0.6 is 11.6 Å². The van der Waals surface area contributed by atoms with E-state index >= 15 is 0 Å². The quantitative estimate of drug-likeness (QED) is 0.576. The fraction of sp³-hybridized carbons (Fsp3) is 0.136. The topological polar surface area (TPSA) is 66.5 Å². The number of aryl methyl sites for hydroxylation is 1. The van der Waals surface area contributed by atoms with Gasteiger partial charge in [-0.25, -0.2) is 12.8 Å². The third-order valence-corrected chi connectivity index (χ3v) is 6.46. The van der Waals surface area contributed by atoms with Crippen molar-refractivity contribution in [2.45, 2.75) is 18.4 Å². The van der Waals surface area contributed by atoms with E-state index in [-0.39, 0.29) is 17.1 Å². The number of carbonyl (C=O) groups excluding carboxylic acids is 1. The van der Waals surface area contributed by atoms with Crippen molar-refractivity contribution in [1.82, 2.24) is 4.31 Å². The van der Waals surface area contributed by atoms with Crippen LogP contribution < -0.4 is 5.32 Å². The molecule has 0 aliphatic rings. The van der Waals surface area contributed by atoms with Crippen LogP contribution in [0.15, 0.2) is 77.7 Å². The Bertz CT molecular complexity index is 1130. The first kappa shape index (κ1) is 22.0. The van der Waals surface area contributed by atoms with Crippen LogP contribution in [0.5, 0.6) is 0 Å². The zero-order valence-electron chi connectivity index (χ0n) is 16.2. The number of rotatable bonds is 7. The third kappa shape index (κ3) is 5.44. The summed E-state index contributed by atoms with van der Waals surface area (Å²) in [6, 6.07) is 18.7. The first-order valence-corrected chi connectivity index (χ1v) is 10.9. The highest BCUT2D eigenvalue weighted by atomic mass is 35.5. The molecule has 0 saturated heterocycles. The Morgan fingerprint density at radius 3 is 2.27 bits per heavy atom. The monoisotopic (exact) mass is 446 g/mol. The SMILES string of the molecule is Cc1ccc(S(=O)(=O)N(CC(=O)Nc2ccccc2F)Cc2ccc(Cl)cc2)cc1. The molecule has 5 nitrogen and oxygen atoms in total. The average Bonchev–Trinajstić information content (AvgIpc) is 2.71. The van der Waals surface area contributed by atoms with E-state index < -0.39 is 28.3 Å². The van der Waals surface area contributed by atoms with Gasteiger partial charge in [0.25, 0.3) is 0 Å². The highest BCUT2D eigenvalue weighted by molar-refractivity contribution is 7.89. The average molecular weight is 447 g/mol. The molecule has 0 aliphatic heterocycles. The number of benzene rings is 3. The van der Waals surface area contributed by atoms with Crippen molar-refractivity contribution in [3.63, 3.8) is 0 Å². The Labute approximate surface area is 180 Å². The third-order valence-electron chi connectivity index (χ3n) is 4.40. The van der Waals surface area contributed by atoms with Gasteiger partial charge >= 0.3 is 0 Å². The smallest absolute Gasteiger partial charge is 0.243 e. The normalized spacial score (nSPS) is 11.5. The summed E-state index contributed by atoms with van der Waals surface area (Å²) in [6.07, 6.45) is 0. The Kier molecular flexibility index (Phi) is 6.87. The molecule has 0 spiro atoms. The Morgan fingerprint density at radius 1 is 1.00 bits per heavy atom. The molecule has 3 aromatic rings. The van der Waals surface area contributed by atoms with Gasteiger partial charge in [0.15, 0.2) is 0 Å². The van der Waals surface area contributed by atoms with E-state index in [1.54, 1.807) is 42.5 Å². The van der Waals surface area contributed by atoms with Crippen molar-refractivity contribution < 1.29 is 17.6 Å². The van der Waals surface area contributed by atoms with Crippen molar-refractivity contribution in [3.05, 3.63) is 94.8 Å². The van der Waals surface area contributed by atoms with Gasteiger partial charge in [0.1, 0.15) is 5.82 Å². The number of para-hydroxylation sites is 1. The molecule has 0 atom stereocenters. The van der Waals surface area contributed by atoms with Gasteiger partial charge in [0, 0.05) is 11.6 Å². The minimum absolute atomic E-state index is 0.0123. The van der Waals surface area contributed by atoms with Gasteiger partial charge in [-0.2, -0.15) is 4.31 Å². The van der Waals surface area contributed by atoms with Crippen molar-refractivity contribution in [2.75, 3.05) is 11.9 Å². The molecule has 0 aromatic heterocycles. The number of sulfonamides is 1. The second-order valence-corrected chi connectivity index (χ2v) is 9.12. The van der Waals surface area contributed by atoms with Crippen molar-refractivity contribution in [2.24, 2.45) is 0 Å². The standard InChI is InChI=1S/C22H20ClFN2O3S/c1-16-6-12-19(13-7-16)30(28,29)26(14-17-8-10-18(23)11-9-17)15-22(27)25-21-5-3-2-4-20(21)24/h2-13H,14-15H2,1H3,(H,25,27). The number of nitrogens with one attached hydrogen (secondary N) is 1. The van der Waals surface area contributed by atoms with Gasteiger partial charge in [-0.15, -0.1) is 0 Å². The van der Waals surface area contributed by atoms with Crippen molar-refractivity contribution in [1.29, 1.82) is 0 Å². The molecule has 0 heterocycles. The van der Waals surface area contributed by atoms with E-state index in [0.29, 0.717) is 10.6 Å². The molecule has 0 radical (unpaired) electrons. The summed E-state index contributed by atoms with van der Waals surface area (Å²) in [5, 5.41) is 2.94. The maximum absolute atomic E-state index is 13.8. The predicted octanol–water partition coefficient (Wildman–Crippen LogP) is 4.62. The van der Waals surface area contributed by atoms with Gasteiger partial charge in [-0.3, -0.25) is 4.79 Å². The molecule has 30 heavy (non-hydrogen) atoms. The minimum atomic E-state index is -3.98. The van der Waals surface area contributed by atoms with E-state index in [2.05, 4.69) is 5.32 Å². The number of halogens is 2. The number of amides is 1. The summed E-state index contributed by atoms with van der Waals surface area (Å²) in [5.41, 5.74) is 1.56. The number of anilines is 1. The highest BCUT2D eigenvalue weighted by Crippen LogP contribution is 2.21. The number of hydrogen-bond acceptors (Lipinski definition) is 3. The van der Waals surface area contributed by atoms with Crippen LogP contribution in [0, 0.1) is 12.7 Å². The lowest BCUT2D eigenvalue weighted by atomic mass is 10.2. The first-order chi connectivity index (χ1) is 14.3. The van der Waals surface area contributed by atoms with Crippen molar-refractivity contribution in [3.8, 4) is 0 Å². The van der Waals surface area contributed by atoms with E-state index in [1.807, 2.05) is 6.92 Å². The summed E-state index contributed by atoms with van der Waals surface area (Å²) in [4.78, 5) is 12.6. The number of carbonyl (C=O) groups is 1. The van der Waals surface area contributed by atoms with Crippen molar-refractivity contribution >= 4 is 33.2 Å². The van der Waals surface area contributed by atoms with E-state index in [1.165, 1.54) is 30.3 Å². The molecular weight excluding hydrogens is 427 g/mol. The van der Waals surface area contributed by atoms with Crippen LogP contribution in [0.1, 0.15) is 11.1 Å². The Morgan fingerprint density at radius 2 is 1.63 bits per heavy atom. The van der Waals surface area contributed by atoms with Crippen LogP contribution in [0.2, 0.25) is 5.02 Å². The number of nitrogens with zero attached hydrogens (tertiary/aromatic N) is 1. The van der Waals surface area contributed by atoms with Gasteiger partial charge in [0.05, 0.1) is 17.1 Å². The maximum Gasteiger partial charge on any atom is 0.243 e. The molecule has 3 rings (SSSR count). The van der Waals surface area contributed by atoms with Crippen LogP contribution in [-0.2, 0) is 21.4 Å². The van der Waals surface area contributed by atoms with Gasteiger partial charge in [-0.05, 0) is 48.9 Å². The van der Waals surface area contributed by atoms with Crippen LogP contribution in [0.3, 0.4) is 0 Å². The fourth-order valence-corrected chi connectivity index (χ4v) is 4.30. The molecule has 8 heteroatoms. The molecule has 1 amide bonds. The summed E-state index contributed by atoms with van der Waals surface area (Å²) in [6.45, 7) is 1.33. The lowest BCUT2D eigenvalue weighted by molar-refractivity contribution is -0.116. The summed E-state index contributed by atoms with van der Waals surface area (Å²) < 4.78 is 41.3. The Hall–Kier alpha value is -2.74.